The molecule has 3 N–H and O–H groups in total. The summed E-state index contributed by atoms with van der Waals surface area (Å²) in [6, 6.07) is 0.480. The monoisotopic (exact) mass is 316 g/mol. The van der Waals surface area contributed by atoms with Crippen molar-refractivity contribution < 1.29 is 8.42 Å². The van der Waals surface area contributed by atoms with Gasteiger partial charge in [0.1, 0.15) is 0 Å². The van der Waals surface area contributed by atoms with Crippen molar-refractivity contribution in [3.63, 3.8) is 0 Å². The second-order valence-electron chi connectivity index (χ2n) is 6.02. The lowest BCUT2D eigenvalue weighted by Crippen LogP contribution is -2.43. The van der Waals surface area contributed by atoms with E-state index in [-0.39, 0.29) is 5.25 Å². The molecule has 2 aliphatic rings. The van der Waals surface area contributed by atoms with E-state index in [2.05, 4.69) is 22.1 Å². The molecule has 2 heterocycles. The van der Waals surface area contributed by atoms with Crippen LogP contribution in [0, 0.1) is 0 Å². The molecule has 0 radical (unpaired) electrons. The van der Waals surface area contributed by atoms with Gasteiger partial charge in [-0.1, -0.05) is 13.3 Å². The van der Waals surface area contributed by atoms with Gasteiger partial charge in [-0.3, -0.25) is 9.89 Å². The van der Waals surface area contributed by atoms with Gasteiger partial charge in [0, 0.05) is 12.6 Å². The van der Waals surface area contributed by atoms with Crippen LogP contribution in [0.2, 0.25) is 0 Å². The number of aliphatic imine (C=N–C) groups is 1. The Morgan fingerprint density at radius 2 is 2.14 bits per heavy atom. The maximum absolute atomic E-state index is 11.9. The van der Waals surface area contributed by atoms with Gasteiger partial charge in [0.15, 0.2) is 15.8 Å². The molecule has 2 fully saturated rings. The Kier molecular flexibility index (Phi) is 5.87. The standard InChI is InChI=1S/C14H28N4O2S/c1-2-18-8-5-6-12(18)10-16-14(15)17-11-13-7-3-4-9-21(13,19)20/h12-13H,2-11H2,1H3,(H3,15,16,17). The first-order valence-corrected chi connectivity index (χ1v) is 9.74. The van der Waals surface area contributed by atoms with Crippen molar-refractivity contribution >= 4 is 15.8 Å². The molecule has 0 amide bonds. The first kappa shape index (κ1) is 16.5. The lowest BCUT2D eigenvalue weighted by molar-refractivity contribution is 0.273. The van der Waals surface area contributed by atoms with E-state index in [0.717, 1.165) is 32.4 Å². The molecule has 0 spiro atoms. The first-order chi connectivity index (χ1) is 10.0. The number of likely N-dealkylation sites (N-methyl/N-ethyl adjacent to an activating group) is 1. The molecule has 0 aromatic carbocycles. The minimum Gasteiger partial charge on any atom is -0.370 e. The Balaban J connectivity index is 1.78. The highest BCUT2D eigenvalue weighted by Gasteiger charge is 2.28. The third kappa shape index (κ3) is 4.57. The molecule has 122 valence electrons. The minimum atomic E-state index is -2.94. The molecule has 2 aliphatic heterocycles. The average Bonchev–Trinajstić information content (AvgIpc) is 2.91. The number of guanidine groups is 1. The van der Waals surface area contributed by atoms with Crippen molar-refractivity contribution in [1.82, 2.24) is 10.2 Å². The molecule has 7 heteroatoms. The van der Waals surface area contributed by atoms with E-state index >= 15 is 0 Å². The lowest BCUT2D eigenvalue weighted by atomic mass is 10.2. The van der Waals surface area contributed by atoms with Gasteiger partial charge in [0.2, 0.25) is 0 Å². The quantitative estimate of drug-likeness (QED) is 0.564. The summed E-state index contributed by atoms with van der Waals surface area (Å²) in [7, 11) is -2.94. The second kappa shape index (κ2) is 7.45. The first-order valence-electron chi connectivity index (χ1n) is 8.02. The number of likely N-dealkylation sites (tertiary alicyclic amines) is 1. The SMILES string of the molecule is CCN1CCCC1CN=C(N)NCC1CCCCS1(=O)=O. The summed E-state index contributed by atoms with van der Waals surface area (Å²) in [5, 5.41) is 2.69. The van der Waals surface area contributed by atoms with E-state index in [9.17, 15) is 8.42 Å². The van der Waals surface area contributed by atoms with Crippen molar-refractivity contribution in [2.45, 2.75) is 50.3 Å². The van der Waals surface area contributed by atoms with Crippen LogP contribution in [0.5, 0.6) is 0 Å². The van der Waals surface area contributed by atoms with Crippen LogP contribution in [-0.4, -0.2) is 62.5 Å². The minimum absolute atomic E-state index is 0.307. The topological polar surface area (TPSA) is 87.8 Å². The fraction of sp³-hybridized carbons (Fsp3) is 0.929. The van der Waals surface area contributed by atoms with Crippen LogP contribution in [0.15, 0.2) is 4.99 Å². The Hall–Kier alpha value is -0.820. The molecule has 2 atom stereocenters. The predicted molar refractivity (Wildman–Crippen MR) is 86.2 cm³/mol. The van der Waals surface area contributed by atoms with Crippen molar-refractivity contribution in [3.05, 3.63) is 0 Å². The van der Waals surface area contributed by atoms with E-state index in [1.165, 1.54) is 12.8 Å². The maximum Gasteiger partial charge on any atom is 0.188 e. The van der Waals surface area contributed by atoms with Crippen LogP contribution in [0.1, 0.15) is 39.0 Å². The summed E-state index contributed by atoms with van der Waals surface area (Å²) in [6.07, 6.45) is 4.89. The summed E-state index contributed by atoms with van der Waals surface area (Å²) in [5.74, 6) is 0.683. The zero-order valence-electron chi connectivity index (χ0n) is 12.9. The van der Waals surface area contributed by atoms with Gasteiger partial charge in [-0.2, -0.15) is 0 Å². The van der Waals surface area contributed by atoms with Crippen molar-refractivity contribution in [1.29, 1.82) is 0 Å². The third-order valence-corrected chi connectivity index (χ3v) is 6.88. The largest absolute Gasteiger partial charge is 0.370 e. The lowest BCUT2D eigenvalue weighted by Gasteiger charge is -2.23. The second-order valence-corrected chi connectivity index (χ2v) is 8.42. The summed E-state index contributed by atoms with van der Waals surface area (Å²) >= 11 is 0. The highest BCUT2D eigenvalue weighted by atomic mass is 32.2. The number of sulfone groups is 1. The number of nitrogens with zero attached hydrogens (tertiary/aromatic N) is 2. The van der Waals surface area contributed by atoms with Crippen molar-refractivity contribution in [2.75, 3.05) is 31.9 Å². The Morgan fingerprint density at radius 3 is 2.86 bits per heavy atom. The summed E-state index contributed by atoms with van der Waals surface area (Å²) in [6.45, 7) is 5.44. The molecule has 0 aromatic rings. The summed E-state index contributed by atoms with van der Waals surface area (Å²) in [4.78, 5) is 6.80. The average molecular weight is 316 g/mol. The molecule has 21 heavy (non-hydrogen) atoms. The Bertz CT molecular complexity index is 464. The van der Waals surface area contributed by atoms with Gasteiger partial charge >= 0.3 is 0 Å². The van der Waals surface area contributed by atoms with Crippen LogP contribution in [0.25, 0.3) is 0 Å². The zero-order valence-corrected chi connectivity index (χ0v) is 13.7. The Morgan fingerprint density at radius 1 is 1.33 bits per heavy atom. The fourth-order valence-electron chi connectivity index (χ4n) is 3.25. The van der Waals surface area contributed by atoms with Crippen molar-refractivity contribution in [3.8, 4) is 0 Å². The molecule has 2 saturated heterocycles. The molecular formula is C14H28N4O2S. The molecule has 2 unspecified atom stereocenters. The van der Waals surface area contributed by atoms with Crippen LogP contribution in [-0.2, 0) is 9.84 Å². The highest BCUT2D eigenvalue weighted by molar-refractivity contribution is 7.92. The normalized spacial score (nSPS) is 30.4. The molecule has 6 nitrogen and oxygen atoms in total. The number of hydrogen-bond acceptors (Lipinski definition) is 4. The van der Waals surface area contributed by atoms with Crippen LogP contribution in [0.3, 0.4) is 0 Å². The van der Waals surface area contributed by atoms with Gasteiger partial charge in [-0.15, -0.1) is 0 Å². The van der Waals surface area contributed by atoms with E-state index in [1.807, 2.05) is 0 Å². The highest BCUT2D eigenvalue weighted by Crippen LogP contribution is 2.19. The molecular weight excluding hydrogens is 288 g/mol. The Labute approximate surface area is 128 Å². The van der Waals surface area contributed by atoms with E-state index in [1.54, 1.807) is 0 Å². The van der Waals surface area contributed by atoms with Gasteiger partial charge in [0.25, 0.3) is 0 Å². The fourth-order valence-corrected chi connectivity index (χ4v) is 5.05. The van der Waals surface area contributed by atoms with E-state index in [0.29, 0.717) is 30.8 Å². The van der Waals surface area contributed by atoms with Crippen LogP contribution in [0.4, 0.5) is 0 Å². The number of rotatable bonds is 5. The van der Waals surface area contributed by atoms with Gasteiger partial charge in [-0.25, -0.2) is 8.42 Å². The third-order valence-electron chi connectivity index (χ3n) is 4.60. The molecule has 2 rings (SSSR count). The van der Waals surface area contributed by atoms with E-state index in [4.69, 9.17) is 5.73 Å². The zero-order chi connectivity index (χ0) is 15.3. The number of hydrogen-bond donors (Lipinski definition) is 2. The predicted octanol–water partition coefficient (Wildman–Crippen LogP) is 0.342. The molecule has 0 bridgehead atoms. The number of nitrogens with one attached hydrogen (secondary N) is 1. The van der Waals surface area contributed by atoms with Crippen LogP contribution < -0.4 is 11.1 Å². The van der Waals surface area contributed by atoms with Gasteiger partial charge in [-0.05, 0) is 38.8 Å². The smallest absolute Gasteiger partial charge is 0.188 e. The summed E-state index contributed by atoms with van der Waals surface area (Å²) in [5.41, 5.74) is 5.87. The maximum atomic E-state index is 11.9. The molecule has 0 aromatic heterocycles. The van der Waals surface area contributed by atoms with Crippen molar-refractivity contribution in [2.24, 2.45) is 10.7 Å². The van der Waals surface area contributed by atoms with E-state index < -0.39 is 9.84 Å². The summed E-state index contributed by atoms with van der Waals surface area (Å²) < 4.78 is 23.8. The number of nitrogens with two attached hydrogens (primary N) is 1. The van der Waals surface area contributed by atoms with Gasteiger partial charge in [0.05, 0.1) is 17.5 Å². The molecule has 0 aliphatic carbocycles. The van der Waals surface area contributed by atoms with Crippen LogP contribution >= 0.6 is 0 Å². The van der Waals surface area contributed by atoms with Gasteiger partial charge < -0.3 is 11.1 Å². The molecule has 0 saturated carbocycles.